The Labute approximate surface area is 141 Å². The molecule has 0 aromatic heterocycles. The van der Waals surface area contributed by atoms with Crippen LogP contribution in [-0.4, -0.2) is 29.8 Å². The summed E-state index contributed by atoms with van der Waals surface area (Å²) in [6, 6.07) is 4.98. The molecule has 0 aliphatic carbocycles. The highest BCUT2D eigenvalue weighted by Crippen LogP contribution is 2.24. The van der Waals surface area contributed by atoms with Crippen molar-refractivity contribution in [2.24, 2.45) is 0 Å². The molecule has 5 heteroatoms. The summed E-state index contributed by atoms with van der Waals surface area (Å²) in [5, 5.41) is 3.12. The lowest BCUT2D eigenvalue weighted by Gasteiger charge is -2.27. The minimum absolute atomic E-state index is 0.0127. The van der Waals surface area contributed by atoms with E-state index in [1.807, 2.05) is 17.9 Å². The molecule has 4 nitrogen and oxygen atoms in total. The first-order valence-electron chi connectivity index (χ1n) is 7.81. The minimum Gasteiger partial charge on any atom is -0.339 e. The predicted octanol–water partition coefficient (Wildman–Crippen LogP) is 4.04. The molecule has 0 atom stereocenters. The molecular formula is C18H21ClN2O2. The van der Waals surface area contributed by atoms with Crippen LogP contribution in [0.4, 0.5) is 5.69 Å². The number of allylic oxidation sites excluding steroid dienone is 3. The smallest absolute Gasteiger partial charge is 0.253 e. The lowest BCUT2D eigenvalue weighted by Crippen LogP contribution is -2.35. The molecule has 122 valence electrons. The van der Waals surface area contributed by atoms with Crippen LogP contribution in [0.15, 0.2) is 42.5 Å². The molecule has 0 spiro atoms. The first-order valence-corrected chi connectivity index (χ1v) is 8.19. The number of piperidine rings is 1. The number of nitrogens with one attached hydrogen (secondary N) is 1. The zero-order chi connectivity index (χ0) is 16.7. The van der Waals surface area contributed by atoms with Gasteiger partial charge in [-0.25, -0.2) is 0 Å². The number of carbonyl (C=O) groups excluding carboxylic acids is 2. The summed E-state index contributed by atoms with van der Waals surface area (Å²) in [6.45, 7) is 3.44. The molecule has 0 saturated carbocycles. The fourth-order valence-electron chi connectivity index (χ4n) is 2.46. The van der Waals surface area contributed by atoms with Gasteiger partial charge in [0.1, 0.15) is 0 Å². The van der Waals surface area contributed by atoms with Crippen molar-refractivity contribution >= 4 is 29.1 Å². The van der Waals surface area contributed by atoms with Crippen molar-refractivity contribution in [2.45, 2.75) is 26.2 Å². The quantitative estimate of drug-likeness (QED) is 0.668. The topological polar surface area (TPSA) is 49.4 Å². The summed E-state index contributed by atoms with van der Waals surface area (Å²) in [5.74, 6) is -0.297. The molecule has 1 aromatic carbocycles. The first kappa shape index (κ1) is 17.3. The van der Waals surface area contributed by atoms with E-state index in [0.29, 0.717) is 16.3 Å². The van der Waals surface area contributed by atoms with Gasteiger partial charge < -0.3 is 10.2 Å². The maximum atomic E-state index is 12.5. The highest BCUT2D eigenvalue weighted by atomic mass is 35.5. The van der Waals surface area contributed by atoms with Crippen LogP contribution in [0.2, 0.25) is 5.02 Å². The third-order valence-electron chi connectivity index (χ3n) is 3.67. The average Bonchev–Trinajstić information content (AvgIpc) is 2.57. The highest BCUT2D eigenvalue weighted by molar-refractivity contribution is 6.34. The summed E-state index contributed by atoms with van der Waals surface area (Å²) < 4.78 is 0. The predicted molar refractivity (Wildman–Crippen MR) is 93.8 cm³/mol. The largest absolute Gasteiger partial charge is 0.339 e. The molecular weight excluding hydrogens is 312 g/mol. The SMILES string of the molecule is C/C=C/C=C\C(=O)Nc1cc(C(=O)N2CCCCC2)ccc1Cl. The number of hydrogen-bond donors (Lipinski definition) is 1. The van der Waals surface area contributed by atoms with Gasteiger partial charge in [0, 0.05) is 24.7 Å². The van der Waals surface area contributed by atoms with Gasteiger partial charge >= 0.3 is 0 Å². The van der Waals surface area contributed by atoms with Crippen molar-refractivity contribution in [1.29, 1.82) is 0 Å². The number of anilines is 1. The Balaban J connectivity index is 2.11. The molecule has 2 rings (SSSR count). The summed E-state index contributed by atoms with van der Waals surface area (Å²) in [5.41, 5.74) is 0.994. The summed E-state index contributed by atoms with van der Waals surface area (Å²) in [6.07, 6.45) is 9.90. The van der Waals surface area contributed by atoms with E-state index < -0.39 is 0 Å². The Bertz CT molecular complexity index is 632. The van der Waals surface area contributed by atoms with Gasteiger partial charge in [-0.15, -0.1) is 0 Å². The maximum Gasteiger partial charge on any atom is 0.253 e. The molecule has 1 heterocycles. The lowest BCUT2D eigenvalue weighted by molar-refractivity contribution is -0.111. The van der Waals surface area contributed by atoms with Crippen LogP contribution in [-0.2, 0) is 4.79 Å². The van der Waals surface area contributed by atoms with Crippen molar-refractivity contribution in [1.82, 2.24) is 4.90 Å². The monoisotopic (exact) mass is 332 g/mol. The molecule has 2 amide bonds. The van der Waals surface area contributed by atoms with Gasteiger partial charge in [-0.3, -0.25) is 9.59 Å². The van der Waals surface area contributed by atoms with E-state index in [-0.39, 0.29) is 11.8 Å². The zero-order valence-corrected chi connectivity index (χ0v) is 14.0. The number of likely N-dealkylation sites (tertiary alicyclic amines) is 1. The number of benzene rings is 1. The fourth-order valence-corrected chi connectivity index (χ4v) is 2.63. The number of halogens is 1. The van der Waals surface area contributed by atoms with Crippen LogP contribution in [0, 0.1) is 0 Å². The highest BCUT2D eigenvalue weighted by Gasteiger charge is 2.19. The molecule has 1 saturated heterocycles. The van der Waals surface area contributed by atoms with E-state index in [4.69, 9.17) is 11.6 Å². The lowest BCUT2D eigenvalue weighted by atomic mass is 10.1. The molecule has 1 aliphatic heterocycles. The molecule has 0 unspecified atom stereocenters. The van der Waals surface area contributed by atoms with Crippen LogP contribution >= 0.6 is 11.6 Å². The first-order chi connectivity index (χ1) is 11.1. The summed E-state index contributed by atoms with van der Waals surface area (Å²) in [7, 11) is 0. The molecule has 0 radical (unpaired) electrons. The van der Waals surface area contributed by atoms with E-state index in [0.717, 1.165) is 25.9 Å². The number of carbonyl (C=O) groups is 2. The second-order valence-electron chi connectivity index (χ2n) is 5.42. The van der Waals surface area contributed by atoms with E-state index in [9.17, 15) is 9.59 Å². The Morgan fingerprint density at radius 3 is 2.61 bits per heavy atom. The fraction of sp³-hybridized carbons (Fsp3) is 0.333. The average molecular weight is 333 g/mol. The van der Waals surface area contributed by atoms with Gasteiger partial charge in [0.2, 0.25) is 5.91 Å². The molecule has 1 aliphatic rings. The van der Waals surface area contributed by atoms with Crippen LogP contribution in [0.25, 0.3) is 0 Å². The summed E-state index contributed by atoms with van der Waals surface area (Å²) >= 11 is 6.11. The Kier molecular flexibility index (Phi) is 6.41. The van der Waals surface area contributed by atoms with Crippen molar-refractivity contribution in [3.05, 3.63) is 53.1 Å². The van der Waals surface area contributed by atoms with Gasteiger partial charge in [-0.2, -0.15) is 0 Å². The third-order valence-corrected chi connectivity index (χ3v) is 4.00. The van der Waals surface area contributed by atoms with Gasteiger partial charge in [-0.05, 0) is 44.4 Å². The van der Waals surface area contributed by atoms with Crippen molar-refractivity contribution in [2.75, 3.05) is 18.4 Å². The number of amides is 2. The Morgan fingerprint density at radius 2 is 1.91 bits per heavy atom. The Morgan fingerprint density at radius 1 is 1.17 bits per heavy atom. The summed E-state index contributed by atoms with van der Waals surface area (Å²) in [4.78, 5) is 26.2. The molecule has 23 heavy (non-hydrogen) atoms. The van der Waals surface area contributed by atoms with E-state index in [1.165, 1.54) is 12.5 Å². The second-order valence-corrected chi connectivity index (χ2v) is 5.83. The standard InChI is InChI=1S/C18H21ClN2O2/c1-2-3-5-8-17(22)20-16-13-14(9-10-15(16)19)18(23)21-11-6-4-7-12-21/h2-3,5,8-10,13H,4,6-7,11-12H2,1H3,(H,20,22)/b3-2+,8-5-. The van der Waals surface area contributed by atoms with Crippen LogP contribution in [0.1, 0.15) is 36.5 Å². The van der Waals surface area contributed by atoms with Gasteiger partial charge in [-0.1, -0.05) is 29.8 Å². The van der Waals surface area contributed by atoms with Crippen LogP contribution in [0.5, 0.6) is 0 Å². The van der Waals surface area contributed by atoms with E-state index in [2.05, 4.69) is 5.32 Å². The number of hydrogen-bond acceptors (Lipinski definition) is 2. The van der Waals surface area contributed by atoms with Crippen molar-refractivity contribution < 1.29 is 9.59 Å². The van der Waals surface area contributed by atoms with E-state index in [1.54, 1.807) is 30.4 Å². The molecule has 0 bridgehead atoms. The van der Waals surface area contributed by atoms with Gasteiger partial charge in [0.15, 0.2) is 0 Å². The molecule has 1 fully saturated rings. The normalized spacial score (nSPS) is 15.3. The van der Waals surface area contributed by atoms with Crippen LogP contribution < -0.4 is 5.32 Å². The minimum atomic E-state index is -0.285. The second kappa shape index (κ2) is 8.53. The third kappa shape index (κ3) is 4.96. The maximum absolute atomic E-state index is 12.5. The van der Waals surface area contributed by atoms with Gasteiger partial charge in [0.05, 0.1) is 10.7 Å². The van der Waals surface area contributed by atoms with E-state index >= 15 is 0 Å². The van der Waals surface area contributed by atoms with Gasteiger partial charge in [0.25, 0.3) is 5.91 Å². The molecule has 1 N–H and O–H groups in total. The molecule has 1 aromatic rings. The number of rotatable bonds is 4. The number of nitrogens with zero attached hydrogens (tertiary/aromatic N) is 1. The Hall–Kier alpha value is -2.07. The van der Waals surface area contributed by atoms with Crippen molar-refractivity contribution in [3.8, 4) is 0 Å². The zero-order valence-electron chi connectivity index (χ0n) is 13.2. The van der Waals surface area contributed by atoms with Crippen LogP contribution in [0.3, 0.4) is 0 Å². The van der Waals surface area contributed by atoms with Crippen molar-refractivity contribution in [3.63, 3.8) is 0 Å².